The smallest absolute Gasteiger partial charge is 0.277 e. The quantitative estimate of drug-likeness (QED) is 0.473. The van der Waals surface area contributed by atoms with Gasteiger partial charge < -0.3 is 15.0 Å². The maximum atomic E-state index is 13.3. The summed E-state index contributed by atoms with van der Waals surface area (Å²) in [6.07, 6.45) is 2.34. The number of nitrogens with zero attached hydrogens (tertiary/aromatic N) is 4. The van der Waals surface area contributed by atoms with Crippen LogP contribution in [0, 0.1) is 0 Å². The molecule has 0 bridgehead atoms. The van der Waals surface area contributed by atoms with Crippen molar-refractivity contribution in [2.75, 3.05) is 32.8 Å². The first kappa shape index (κ1) is 24.4. The Balaban J connectivity index is 1.88. The predicted molar refractivity (Wildman–Crippen MR) is 131 cm³/mol. The molecular weight excluding hydrogens is 456 g/mol. The van der Waals surface area contributed by atoms with E-state index in [4.69, 9.17) is 9.72 Å². The number of hydrogen-bond acceptors (Lipinski definition) is 7. The third-order valence-electron chi connectivity index (χ3n) is 5.84. The minimum Gasteiger partial charge on any atom is -0.493 e. The van der Waals surface area contributed by atoms with Gasteiger partial charge >= 0.3 is 0 Å². The zero-order chi connectivity index (χ0) is 24.3. The number of benzene rings is 1. The molecule has 11 heteroatoms. The number of nitrogens with one attached hydrogen (secondary N) is 2. The van der Waals surface area contributed by atoms with Crippen LogP contribution in [-0.2, 0) is 23.0 Å². The SMILES string of the molecule is CCCOc1ccc(S(=O)(=O)N2CCNCC2)cc1-c1nc2c(CCC)nn(CC)c2c(=O)[nH]1. The van der Waals surface area contributed by atoms with E-state index in [2.05, 4.69) is 15.4 Å². The fraction of sp³-hybridized carbons (Fsp3) is 0.522. The summed E-state index contributed by atoms with van der Waals surface area (Å²) in [7, 11) is -3.70. The summed E-state index contributed by atoms with van der Waals surface area (Å²) in [5.74, 6) is 0.748. The van der Waals surface area contributed by atoms with Crippen LogP contribution in [0.4, 0.5) is 0 Å². The molecule has 0 spiro atoms. The van der Waals surface area contributed by atoms with Gasteiger partial charge in [0, 0.05) is 32.7 Å². The van der Waals surface area contributed by atoms with Crippen LogP contribution in [-0.4, -0.2) is 65.3 Å². The molecule has 0 atom stereocenters. The molecule has 1 aliphatic heterocycles. The molecule has 0 unspecified atom stereocenters. The van der Waals surface area contributed by atoms with E-state index in [1.165, 1.54) is 4.31 Å². The van der Waals surface area contributed by atoms with Crippen molar-refractivity contribution in [3.05, 3.63) is 34.2 Å². The first-order valence-corrected chi connectivity index (χ1v) is 13.3. The summed E-state index contributed by atoms with van der Waals surface area (Å²) in [5, 5.41) is 7.75. The van der Waals surface area contributed by atoms with Crippen LogP contribution >= 0.6 is 0 Å². The topological polar surface area (TPSA) is 122 Å². The molecule has 3 heterocycles. The second-order valence-electron chi connectivity index (χ2n) is 8.28. The highest BCUT2D eigenvalue weighted by atomic mass is 32.2. The van der Waals surface area contributed by atoms with Crippen LogP contribution in [0.5, 0.6) is 5.75 Å². The molecule has 0 saturated carbocycles. The van der Waals surface area contributed by atoms with Crippen molar-refractivity contribution in [2.45, 2.75) is 51.5 Å². The lowest BCUT2D eigenvalue weighted by molar-refractivity contribution is 0.318. The van der Waals surface area contributed by atoms with E-state index >= 15 is 0 Å². The Hall–Kier alpha value is -2.76. The third kappa shape index (κ3) is 4.59. The van der Waals surface area contributed by atoms with E-state index < -0.39 is 10.0 Å². The largest absolute Gasteiger partial charge is 0.493 e. The van der Waals surface area contributed by atoms with Crippen LogP contribution in [0.25, 0.3) is 22.4 Å². The molecule has 0 aliphatic carbocycles. The average molecular weight is 489 g/mol. The first-order valence-electron chi connectivity index (χ1n) is 11.9. The lowest BCUT2D eigenvalue weighted by atomic mass is 10.1. The minimum absolute atomic E-state index is 0.147. The number of rotatable bonds is 9. The van der Waals surface area contributed by atoms with Crippen LogP contribution < -0.4 is 15.6 Å². The summed E-state index contributed by atoms with van der Waals surface area (Å²) in [4.78, 5) is 20.8. The van der Waals surface area contributed by atoms with Crippen molar-refractivity contribution in [3.8, 4) is 17.1 Å². The lowest BCUT2D eigenvalue weighted by Crippen LogP contribution is -2.46. The Morgan fingerprint density at radius 2 is 1.88 bits per heavy atom. The Morgan fingerprint density at radius 3 is 2.56 bits per heavy atom. The standard InChI is InChI=1S/C23H32N6O4S/c1-4-7-18-20-21(29(6-3)27-18)23(30)26-22(25-20)17-15-16(8-9-19(17)33-14-5-2)34(31,32)28-12-10-24-11-13-28/h8-9,15,24H,4-7,10-14H2,1-3H3,(H,25,26,30). The van der Waals surface area contributed by atoms with E-state index in [0.29, 0.717) is 68.1 Å². The van der Waals surface area contributed by atoms with Gasteiger partial charge in [0.1, 0.15) is 17.1 Å². The number of ether oxygens (including phenoxy) is 1. The zero-order valence-electron chi connectivity index (χ0n) is 19.9. The number of H-pyrrole nitrogens is 1. The van der Waals surface area contributed by atoms with Gasteiger partial charge in [-0.15, -0.1) is 0 Å². The maximum Gasteiger partial charge on any atom is 0.277 e. The van der Waals surface area contributed by atoms with Gasteiger partial charge in [0.25, 0.3) is 5.56 Å². The molecule has 4 rings (SSSR count). The number of aromatic amines is 1. The van der Waals surface area contributed by atoms with Crippen LogP contribution in [0.1, 0.15) is 39.3 Å². The summed E-state index contributed by atoms with van der Waals surface area (Å²) in [5.41, 5.74) is 1.85. The highest BCUT2D eigenvalue weighted by Gasteiger charge is 2.27. The number of aromatic nitrogens is 4. The zero-order valence-corrected chi connectivity index (χ0v) is 20.7. The highest BCUT2D eigenvalue weighted by Crippen LogP contribution is 2.32. The number of sulfonamides is 1. The molecule has 10 nitrogen and oxygen atoms in total. The molecule has 0 amide bonds. The molecule has 1 saturated heterocycles. The molecule has 1 aliphatic rings. The van der Waals surface area contributed by atoms with Crippen LogP contribution in [0.2, 0.25) is 0 Å². The predicted octanol–water partition coefficient (Wildman–Crippen LogP) is 2.14. The Morgan fingerprint density at radius 1 is 1.12 bits per heavy atom. The molecule has 34 heavy (non-hydrogen) atoms. The van der Waals surface area contributed by atoms with Crippen molar-refractivity contribution >= 4 is 21.1 Å². The number of hydrogen-bond donors (Lipinski definition) is 2. The van der Waals surface area contributed by atoms with Gasteiger partial charge in [-0.3, -0.25) is 9.48 Å². The van der Waals surface area contributed by atoms with Crippen molar-refractivity contribution in [2.24, 2.45) is 0 Å². The fourth-order valence-corrected chi connectivity index (χ4v) is 5.61. The van der Waals surface area contributed by atoms with E-state index in [1.807, 2.05) is 20.8 Å². The average Bonchev–Trinajstić information content (AvgIpc) is 3.21. The molecule has 1 aromatic carbocycles. The Bertz CT molecular complexity index is 1330. The highest BCUT2D eigenvalue weighted by molar-refractivity contribution is 7.89. The molecule has 1 fully saturated rings. The summed E-state index contributed by atoms with van der Waals surface area (Å²) in [6.45, 7) is 9.00. The molecule has 184 valence electrons. The Kier molecular flexibility index (Phi) is 7.34. The summed E-state index contributed by atoms with van der Waals surface area (Å²) < 4.78 is 35.7. The second-order valence-corrected chi connectivity index (χ2v) is 10.2. The normalized spacial score (nSPS) is 15.1. The van der Waals surface area contributed by atoms with Gasteiger partial charge in [-0.1, -0.05) is 20.3 Å². The van der Waals surface area contributed by atoms with E-state index in [9.17, 15) is 13.2 Å². The number of piperazine rings is 1. The van der Waals surface area contributed by atoms with E-state index in [1.54, 1.807) is 22.9 Å². The lowest BCUT2D eigenvalue weighted by Gasteiger charge is -2.27. The van der Waals surface area contributed by atoms with E-state index in [-0.39, 0.29) is 16.3 Å². The molecule has 2 N–H and O–H groups in total. The Labute approximate surface area is 199 Å². The van der Waals surface area contributed by atoms with Gasteiger partial charge in [0.15, 0.2) is 5.52 Å². The monoisotopic (exact) mass is 488 g/mol. The van der Waals surface area contributed by atoms with Crippen LogP contribution in [0.15, 0.2) is 27.9 Å². The maximum absolute atomic E-state index is 13.3. The van der Waals surface area contributed by atoms with Crippen LogP contribution in [0.3, 0.4) is 0 Å². The van der Waals surface area contributed by atoms with Gasteiger partial charge in [-0.25, -0.2) is 13.4 Å². The summed E-state index contributed by atoms with van der Waals surface area (Å²) in [6, 6.07) is 4.75. The van der Waals surface area contributed by atoms with Gasteiger partial charge in [-0.2, -0.15) is 9.40 Å². The van der Waals surface area contributed by atoms with Gasteiger partial charge in [0.2, 0.25) is 10.0 Å². The van der Waals surface area contributed by atoms with Gasteiger partial charge in [-0.05, 0) is 38.0 Å². The van der Waals surface area contributed by atoms with Crippen molar-refractivity contribution in [3.63, 3.8) is 0 Å². The van der Waals surface area contributed by atoms with Crippen molar-refractivity contribution in [1.82, 2.24) is 29.4 Å². The third-order valence-corrected chi connectivity index (χ3v) is 7.73. The van der Waals surface area contributed by atoms with Gasteiger partial charge in [0.05, 0.1) is 22.8 Å². The summed E-state index contributed by atoms with van der Waals surface area (Å²) >= 11 is 0. The minimum atomic E-state index is -3.70. The molecule has 2 aromatic heterocycles. The molecule has 3 aromatic rings. The first-order chi connectivity index (χ1) is 16.4. The number of aryl methyl sites for hydroxylation is 2. The second kappa shape index (κ2) is 10.2. The molecule has 0 radical (unpaired) electrons. The van der Waals surface area contributed by atoms with E-state index in [0.717, 1.165) is 18.5 Å². The molecular formula is C23H32N6O4S. The van der Waals surface area contributed by atoms with Crippen molar-refractivity contribution in [1.29, 1.82) is 0 Å². The number of fused-ring (bicyclic) bond motifs is 1. The van der Waals surface area contributed by atoms with Crippen molar-refractivity contribution < 1.29 is 13.2 Å². The fourth-order valence-electron chi connectivity index (χ4n) is 4.14.